The van der Waals surface area contributed by atoms with Gasteiger partial charge in [-0.15, -0.1) is 0 Å². The zero-order valence-electron chi connectivity index (χ0n) is 27.4. The number of amides is 2. The minimum atomic E-state index is -1.30. The van der Waals surface area contributed by atoms with Crippen LogP contribution in [0.3, 0.4) is 0 Å². The fourth-order valence-corrected chi connectivity index (χ4v) is 5.42. The highest BCUT2D eigenvalue weighted by atomic mass is 16.4. The van der Waals surface area contributed by atoms with Crippen LogP contribution in [0.1, 0.15) is 125 Å². The molecule has 0 heterocycles. The van der Waals surface area contributed by atoms with Crippen LogP contribution in [0.2, 0.25) is 0 Å². The van der Waals surface area contributed by atoms with E-state index in [1.807, 2.05) is 27.7 Å². The monoisotopic (exact) mass is 572 g/mol. The quantitative estimate of drug-likeness (QED) is 0.118. The van der Waals surface area contributed by atoms with Crippen molar-refractivity contribution in [2.24, 2.45) is 27.6 Å². The van der Waals surface area contributed by atoms with Crippen molar-refractivity contribution >= 4 is 23.5 Å². The minimum absolute atomic E-state index is 0.123. The summed E-state index contributed by atoms with van der Waals surface area (Å²) in [7, 11) is 0. The molecule has 1 aromatic carbocycles. The standard InChI is InChI=1S/C34H56N2O5/c1-12-33(10,13-2)18-15-19-34(11,14-3)32(8,9)22-31(6,7)30(41)36-26(20-23(4)5)28(38)35-24-16-17-27(37)25(21-24)29(39)40/h15-17,19,21,23,26,37H,12-14,18,20,22H2,1-11H3,(H,35,38)(H,36,41)(H,39,40). The molecule has 0 bridgehead atoms. The van der Waals surface area contributed by atoms with Gasteiger partial charge in [0.15, 0.2) is 0 Å². The summed E-state index contributed by atoms with van der Waals surface area (Å²) < 4.78 is 0. The number of anilines is 1. The maximum Gasteiger partial charge on any atom is 0.339 e. The highest BCUT2D eigenvalue weighted by molar-refractivity contribution is 5.99. The Balaban J connectivity index is 3.14. The molecule has 0 aliphatic heterocycles. The Morgan fingerprint density at radius 2 is 1.54 bits per heavy atom. The van der Waals surface area contributed by atoms with E-state index in [-0.39, 0.29) is 45.1 Å². The number of carbonyl (C=O) groups excluding carboxylic acids is 2. The molecule has 0 spiro atoms. The zero-order chi connectivity index (χ0) is 31.8. The van der Waals surface area contributed by atoms with E-state index in [0.29, 0.717) is 12.8 Å². The van der Waals surface area contributed by atoms with Gasteiger partial charge in [-0.05, 0) is 66.0 Å². The van der Waals surface area contributed by atoms with E-state index in [4.69, 9.17) is 0 Å². The summed E-state index contributed by atoms with van der Waals surface area (Å²) in [5, 5.41) is 24.8. The van der Waals surface area contributed by atoms with Crippen molar-refractivity contribution in [2.45, 2.75) is 121 Å². The first kappa shape index (κ1) is 36.2. The van der Waals surface area contributed by atoms with Crippen LogP contribution in [0.15, 0.2) is 30.4 Å². The van der Waals surface area contributed by atoms with E-state index in [1.165, 1.54) is 18.2 Å². The third-order valence-corrected chi connectivity index (χ3v) is 9.41. The lowest BCUT2D eigenvalue weighted by atomic mass is 9.59. The number of allylic oxidation sites excluding steroid dienone is 2. The average molecular weight is 573 g/mol. The number of carboxylic acid groups (broad SMARTS) is 1. The molecule has 0 aromatic heterocycles. The first-order chi connectivity index (χ1) is 18.8. The number of hydrogen-bond acceptors (Lipinski definition) is 4. The first-order valence-corrected chi connectivity index (χ1v) is 15.1. The summed E-state index contributed by atoms with van der Waals surface area (Å²) in [6.45, 7) is 23.5. The summed E-state index contributed by atoms with van der Waals surface area (Å²) in [5.41, 5.74) is -0.861. The van der Waals surface area contributed by atoms with E-state index in [0.717, 1.165) is 25.7 Å². The molecule has 0 fully saturated rings. The second-order valence-corrected chi connectivity index (χ2v) is 14.0. The first-order valence-electron chi connectivity index (χ1n) is 15.1. The Bertz CT molecular complexity index is 1080. The smallest absolute Gasteiger partial charge is 0.339 e. The SMILES string of the molecule is CCC(C)(CC)CC=CC(C)(CC)C(C)(C)CC(C)(C)C(=O)NC(CC(C)C)C(=O)Nc1ccc(O)c(C(=O)O)c1. The second-order valence-electron chi connectivity index (χ2n) is 14.0. The molecule has 232 valence electrons. The van der Waals surface area contributed by atoms with Gasteiger partial charge in [-0.25, -0.2) is 4.79 Å². The lowest BCUT2D eigenvalue weighted by Crippen LogP contribution is -2.50. The number of rotatable bonds is 16. The van der Waals surface area contributed by atoms with Crippen LogP contribution in [0.4, 0.5) is 5.69 Å². The van der Waals surface area contributed by atoms with Crippen molar-refractivity contribution in [3.8, 4) is 5.75 Å². The largest absolute Gasteiger partial charge is 0.507 e. The zero-order valence-corrected chi connectivity index (χ0v) is 27.4. The number of hydrogen-bond donors (Lipinski definition) is 4. The third-order valence-electron chi connectivity index (χ3n) is 9.41. The van der Waals surface area contributed by atoms with Crippen LogP contribution in [0.5, 0.6) is 5.75 Å². The Kier molecular flexibility index (Phi) is 12.7. The van der Waals surface area contributed by atoms with Gasteiger partial charge in [-0.3, -0.25) is 9.59 Å². The maximum atomic E-state index is 13.7. The molecule has 0 aliphatic carbocycles. The van der Waals surface area contributed by atoms with Gasteiger partial charge in [0.05, 0.1) is 0 Å². The summed E-state index contributed by atoms with van der Waals surface area (Å²) in [5.74, 6) is -2.18. The number of carboxylic acids is 1. The van der Waals surface area contributed by atoms with Gasteiger partial charge in [0.1, 0.15) is 17.4 Å². The number of aromatic carboxylic acids is 1. The van der Waals surface area contributed by atoms with Crippen LogP contribution in [0, 0.1) is 27.6 Å². The minimum Gasteiger partial charge on any atom is -0.507 e. The molecule has 2 unspecified atom stereocenters. The summed E-state index contributed by atoms with van der Waals surface area (Å²) in [4.78, 5) is 38.4. The Hall–Kier alpha value is -2.83. The normalized spacial score (nSPS) is 15.0. The van der Waals surface area contributed by atoms with Crippen molar-refractivity contribution in [1.29, 1.82) is 0 Å². The number of phenols is 1. The van der Waals surface area contributed by atoms with Gasteiger partial charge >= 0.3 is 5.97 Å². The van der Waals surface area contributed by atoms with Crippen LogP contribution in [0.25, 0.3) is 0 Å². The molecule has 1 rings (SSSR count). The Morgan fingerprint density at radius 3 is 2.02 bits per heavy atom. The van der Waals surface area contributed by atoms with E-state index in [1.54, 1.807) is 0 Å². The Labute approximate surface area is 248 Å². The molecule has 2 amide bonds. The highest BCUT2D eigenvalue weighted by Gasteiger charge is 2.44. The van der Waals surface area contributed by atoms with Crippen molar-refractivity contribution in [2.75, 3.05) is 5.32 Å². The van der Waals surface area contributed by atoms with Crippen LogP contribution in [-0.2, 0) is 9.59 Å². The lowest BCUT2D eigenvalue weighted by molar-refractivity contribution is -0.135. The molecule has 41 heavy (non-hydrogen) atoms. The highest BCUT2D eigenvalue weighted by Crippen LogP contribution is 2.50. The molecule has 0 saturated carbocycles. The van der Waals surface area contributed by atoms with Gasteiger partial charge < -0.3 is 20.8 Å². The average Bonchev–Trinajstić information content (AvgIpc) is 2.87. The number of aromatic hydroxyl groups is 1. The molecule has 2 atom stereocenters. The fraction of sp³-hybridized carbons (Fsp3) is 0.676. The van der Waals surface area contributed by atoms with Gasteiger partial charge in [0.2, 0.25) is 11.8 Å². The fourth-order valence-electron chi connectivity index (χ4n) is 5.42. The number of carbonyl (C=O) groups is 3. The number of nitrogens with one attached hydrogen (secondary N) is 2. The molecule has 0 aliphatic rings. The molecule has 7 heteroatoms. The van der Waals surface area contributed by atoms with E-state index >= 15 is 0 Å². The van der Waals surface area contributed by atoms with Crippen molar-refractivity contribution in [1.82, 2.24) is 5.32 Å². The predicted octanol–water partition coefficient (Wildman–Crippen LogP) is 8.19. The van der Waals surface area contributed by atoms with Gasteiger partial charge in [0.25, 0.3) is 0 Å². The van der Waals surface area contributed by atoms with Crippen LogP contribution in [-0.4, -0.2) is 34.0 Å². The summed E-state index contributed by atoms with van der Waals surface area (Å²) in [6, 6.07) is 3.07. The molecule has 0 saturated heterocycles. The third kappa shape index (κ3) is 9.89. The molecule has 7 nitrogen and oxygen atoms in total. The van der Waals surface area contributed by atoms with Gasteiger partial charge in [-0.2, -0.15) is 0 Å². The maximum absolute atomic E-state index is 13.7. The molecule has 4 N–H and O–H groups in total. The summed E-state index contributed by atoms with van der Waals surface area (Å²) >= 11 is 0. The van der Waals surface area contributed by atoms with Crippen LogP contribution < -0.4 is 10.6 Å². The molecular weight excluding hydrogens is 516 g/mol. The van der Waals surface area contributed by atoms with Crippen molar-refractivity contribution in [3.63, 3.8) is 0 Å². The van der Waals surface area contributed by atoms with Gasteiger partial charge in [0, 0.05) is 11.1 Å². The molecule has 1 aromatic rings. The predicted molar refractivity (Wildman–Crippen MR) is 168 cm³/mol. The van der Waals surface area contributed by atoms with E-state index in [9.17, 15) is 24.6 Å². The van der Waals surface area contributed by atoms with Crippen molar-refractivity contribution < 1.29 is 24.6 Å². The van der Waals surface area contributed by atoms with E-state index < -0.39 is 23.3 Å². The molecule has 0 radical (unpaired) electrons. The van der Waals surface area contributed by atoms with Crippen LogP contribution >= 0.6 is 0 Å². The molecular formula is C34H56N2O5. The second kappa shape index (κ2) is 14.4. The van der Waals surface area contributed by atoms with Crippen molar-refractivity contribution in [3.05, 3.63) is 35.9 Å². The summed E-state index contributed by atoms with van der Waals surface area (Å²) in [6.07, 6.45) is 9.94. The number of benzene rings is 1. The lowest BCUT2D eigenvalue weighted by Gasteiger charge is -2.46. The Morgan fingerprint density at radius 1 is 0.951 bits per heavy atom. The topological polar surface area (TPSA) is 116 Å². The van der Waals surface area contributed by atoms with Gasteiger partial charge in [-0.1, -0.05) is 101 Å². The van der Waals surface area contributed by atoms with E-state index in [2.05, 4.69) is 71.3 Å².